The van der Waals surface area contributed by atoms with Crippen LogP contribution < -0.4 is 5.73 Å². The van der Waals surface area contributed by atoms with Gasteiger partial charge in [0, 0.05) is 16.3 Å². The molecule has 1 nitrogen and oxygen atoms in total. The van der Waals surface area contributed by atoms with E-state index in [9.17, 15) is 0 Å². The number of rotatable bonds is 2. The summed E-state index contributed by atoms with van der Waals surface area (Å²) < 4.78 is 0. The molecule has 1 rings (SSSR count). The zero-order chi connectivity index (χ0) is 9.84. The van der Waals surface area contributed by atoms with Crippen molar-refractivity contribution >= 4 is 28.4 Å². The molecule has 2 N–H and O–H groups in total. The second-order valence-corrected chi connectivity index (χ2v) is 3.09. The number of nitrogens with two attached hydrogens (primary N) is 1. The van der Waals surface area contributed by atoms with Gasteiger partial charge in [-0.1, -0.05) is 36.4 Å². The Balaban J connectivity index is 3.31. The molecule has 0 aliphatic carbocycles. The van der Waals surface area contributed by atoms with E-state index in [2.05, 4.69) is 6.58 Å². The fraction of sp³-hybridized carbons (Fsp3) is 0.0909. The molecule has 0 radical (unpaired) electrons. The van der Waals surface area contributed by atoms with Gasteiger partial charge in [0.2, 0.25) is 0 Å². The molecule has 0 heterocycles. The molecule has 0 unspecified atom stereocenters. The van der Waals surface area contributed by atoms with Crippen molar-refractivity contribution in [2.45, 2.75) is 6.92 Å². The zero-order valence-corrected chi connectivity index (χ0v) is 8.31. The predicted molar refractivity (Wildman–Crippen MR) is 60.4 cm³/mol. The van der Waals surface area contributed by atoms with Gasteiger partial charge < -0.3 is 5.73 Å². The number of nitrogen functional groups attached to an aromatic ring is 1. The first kappa shape index (κ1) is 9.87. The number of allylic oxidation sites excluding steroid dienone is 1. The van der Waals surface area contributed by atoms with E-state index in [1.165, 1.54) is 0 Å². The minimum atomic E-state index is 0.696. The third-order valence-corrected chi connectivity index (χ3v) is 2.23. The Hall–Kier alpha value is -1.21. The van der Waals surface area contributed by atoms with Crippen LogP contribution in [0.2, 0.25) is 0 Å². The summed E-state index contributed by atoms with van der Waals surface area (Å²) in [6.07, 6.45) is 3.60. The van der Waals surface area contributed by atoms with Gasteiger partial charge in [-0.3, -0.25) is 0 Å². The van der Waals surface area contributed by atoms with Crippen molar-refractivity contribution in [1.29, 1.82) is 0 Å². The third-order valence-electron chi connectivity index (χ3n) is 1.81. The molecule has 13 heavy (non-hydrogen) atoms. The van der Waals surface area contributed by atoms with Crippen LogP contribution in [0.1, 0.15) is 18.1 Å². The standard InChI is InChI=1S/C11H12ClN/c1-3-8-5-6-9(13)7-10(8)11(12)4-2/h3-7H,1,13H2,2H3/b11-4+. The van der Waals surface area contributed by atoms with Gasteiger partial charge in [0.25, 0.3) is 0 Å². The topological polar surface area (TPSA) is 26.0 Å². The highest BCUT2D eigenvalue weighted by Gasteiger charge is 2.02. The average molecular weight is 194 g/mol. The normalized spacial score (nSPS) is 11.4. The Bertz CT molecular complexity index is 353. The molecule has 0 bridgehead atoms. The van der Waals surface area contributed by atoms with Crippen LogP contribution in [0.3, 0.4) is 0 Å². The Kier molecular flexibility index (Phi) is 3.15. The summed E-state index contributed by atoms with van der Waals surface area (Å²) in [5.74, 6) is 0. The highest BCUT2D eigenvalue weighted by molar-refractivity contribution is 6.49. The summed E-state index contributed by atoms with van der Waals surface area (Å²) in [4.78, 5) is 0. The van der Waals surface area contributed by atoms with Gasteiger partial charge in [-0.05, 0) is 24.6 Å². The molecule has 1 aromatic carbocycles. The van der Waals surface area contributed by atoms with Gasteiger partial charge in [0.05, 0.1) is 0 Å². The quantitative estimate of drug-likeness (QED) is 0.715. The van der Waals surface area contributed by atoms with Crippen LogP contribution in [0.15, 0.2) is 30.9 Å². The first-order valence-electron chi connectivity index (χ1n) is 4.03. The number of anilines is 1. The molecule has 2 heteroatoms. The van der Waals surface area contributed by atoms with Gasteiger partial charge in [0.1, 0.15) is 0 Å². The molecular formula is C11H12ClN. The predicted octanol–water partition coefficient (Wildman–Crippen LogP) is 3.51. The average Bonchev–Trinajstić information content (AvgIpc) is 2.16. The molecule has 0 amide bonds. The summed E-state index contributed by atoms with van der Waals surface area (Å²) in [5, 5.41) is 0.696. The van der Waals surface area contributed by atoms with Crippen LogP contribution in [-0.2, 0) is 0 Å². The maximum atomic E-state index is 6.00. The van der Waals surface area contributed by atoms with E-state index >= 15 is 0 Å². The second kappa shape index (κ2) is 4.15. The van der Waals surface area contributed by atoms with E-state index in [1.54, 1.807) is 6.08 Å². The van der Waals surface area contributed by atoms with Crippen molar-refractivity contribution in [3.63, 3.8) is 0 Å². The SMILES string of the molecule is C=Cc1ccc(N)cc1/C(Cl)=C\C. The minimum absolute atomic E-state index is 0.696. The molecule has 0 saturated heterocycles. The van der Waals surface area contributed by atoms with Crippen LogP contribution in [-0.4, -0.2) is 0 Å². The van der Waals surface area contributed by atoms with Crippen LogP contribution in [0, 0.1) is 0 Å². The lowest BCUT2D eigenvalue weighted by Crippen LogP contribution is -1.89. The lowest BCUT2D eigenvalue weighted by Gasteiger charge is -2.05. The molecule has 0 fully saturated rings. The van der Waals surface area contributed by atoms with Crippen LogP contribution in [0.5, 0.6) is 0 Å². The molecule has 0 aliphatic rings. The fourth-order valence-electron chi connectivity index (χ4n) is 1.11. The molecule has 1 aromatic rings. The number of benzene rings is 1. The van der Waals surface area contributed by atoms with E-state index in [-0.39, 0.29) is 0 Å². The van der Waals surface area contributed by atoms with Crippen molar-refractivity contribution in [2.24, 2.45) is 0 Å². The smallest absolute Gasteiger partial charge is 0.0442 e. The number of hydrogen-bond acceptors (Lipinski definition) is 1. The molecule has 0 atom stereocenters. The van der Waals surface area contributed by atoms with Crippen LogP contribution >= 0.6 is 11.6 Å². The second-order valence-electron chi connectivity index (χ2n) is 2.69. The summed E-state index contributed by atoms with van der Waals surface area (Å²) in [7, 11) is 0. The van der Waals surface area contributed by atoms with E-state index in [4.69, 9.17) is 17.3 Å². The fourth-order valence-corrected chi connectivity index (χ4v) is 1.28. The van der Waals surface area contributed by atoms with Gasteiger partial charge in [-0.25, -0.2) is 0 Å². The Morgan fingerprint density at radius 3 is 2.77 bits per heavy atom. The van der Waals surface area contributed by atoms with E-state index in [0.29, 0.717) is 10.7 Å². The zero-order valence-electron chi connectivity index (χ0n) is 7.55. The number of hydrogen-bond donors (Lipinski definition) is 1. The first-order valence-corrected chi connectivity index (χ1v) is 4.41. The lowest BCUT2D eigenvalue weighted by atomic mass is 10.1. The first-order chi connectivity index (χ1) is 6.19. The maximum absolute atomic E-state index is 6.00. The molecule has 68 valence electrons. The number of halogens is 1. The summed E-state index contributed by atoms with van der Waals surface area (Å²) >= 11 is 6.00. The highest BCUT2D eigenvalue weighted by atomic mass is 35.5. The molecule has 0 spiro atoms. The maximum Gasteiger partial charge on any atom is 0.0442 e. The molecule has 0 saturated carbocycles. The Labute approximate surface area is 83.5 Å². The van der Waals surface area contributed by atoms with Gasteiger partial charge in [0.15, 0.2) is 0 Å². The molecular weight excluding hydrogens is 182 g/mol. The van der Waals surface area contributed by atoms with E-state index in [1.807, 2.05) is 31.2 Å². The van der Waals surface area contributed by atoms with E-state index < -0.39 is 0 Å². The monoisotopic (exact) mass is 193 g/mol. The Morgan fingerprint density at radius 1 is 1.54 bits per heavy atom. The van der Waals surface area contributed by atoms with Crippen LogP contribution in [0.25, 0.3) is 11.1 Å². The van der Waals surface area contributed by atoms with Crippen molar-refractivity contribution in [3.05, 3.63) is 42.0 Å². The van der Waals surface area contributed by atoms with Gasteiger partial charge >= 0.3 is 0 Å². The molecule has 0 aliphatic heterocycles. The van der Waals surface area contributed by atoms with Gasteiger partial charge in [-0.15, -0.1) is 0 Å². The summed E-state index contributed by atoms with van der Waals surface area (Å²) in [5.41, 5.74) is 8.29. The third kappa shape index (κ3) is 2.13. The lowest BCUT2D eigenvalue weighted by molar-refractivity contribution is 1.58. The van der Waals surface area contributed by atoms with Crippen LogP contribution in [0.4, 0.5) is 5.69 Å². The highest BCUT2D eigenvalue weighted by Crippen LogP contribution is 2.25. The van der Waals surface area contributed by atoms with Crippen molar-refractivity contribution in [1.82, 2.24) is 0 Å². The largest absolute Gasteiger partial charge is 0.399 e. The summed E-state index contributed by atoms with van der Waals surface area (Å²) in [6, 6.07) is 5.59. The van der Waals surface area contributed by atoms with Crippen molar-refractivity contribution < 1.29 is 0 Å². The summed E-state index contributed by atoms with van der Waals surface area (Å²) in [6.45, 7) is 5.60. The van der Waals surface area contributed by atoms with Crippen molar-refractivity contribution in [3.8, 4) is 0 Å². The minimum Gasteiger partial charge on any atom is -0.399 e. The Morgan fingerprint density at radius 2 is 2.23 bits per heavy atom. The van der Waals surface area contributed by atoms with Crippen molar-refractivity contribution in [2.75, 3.05) is 5.73 Å². The van der Waals surface area contributed by atoms with E-state index in [0.717, 1.165) is 11.1 Å². The molecule has 0 aromatic heterocycles. The van der Waals surface area contributed by atoms with Gasteiger partial charge in [-0.2, -0.15) is 0 Å².